The van der Waals surface area contributed by atoms with E-state index in [0.29, 0.717) is 19.5 Å². The summed E-state index contributed by atoms with van der Waals surface area (Å²) in [6, 6.07) is 7.80. The molecule has 2 amide bonds. The van der Waals surface area contributed by atoms with E-state index in [4.69, 9.17) is 9.26 Å². The summed E-state index contributed by atoms with van der Waals surface area (Å²) >= 11 is 0. The van der Waals surface area contributed by atoms with Crippen LogP contribution in [0, 0.1) is 19.7 Å². The number of benzene rings is 2. The van der Waals surface area contributed by atoms with Crippen molar-refractivity contribution in [2.45, 2.75) is 50.5 Å². The van der Waals surface area contributed by atoms with Gasteiger partial charge in [0.2, 0.25) is 5.60 Å². The van der Waals surface area contributed by atoms with Crippen LogP contribution in [0.4, 0.5) is 33.7 Å². The average Bonchev–Trinajstić information content (AvgIpc) is 3.23. The van der Waals surface area contributed by atoms with Gasteiger partial charge in [-0.05, 0) is 70.2 Å². The van der Waals surface area contributed by atoms with Crippen LogP contribution in [0.3, 0.4) is 0 Å². The molecule has 42 heavy (non-hydrogen) atoms. The number of carbonyl (C=O) groups is 2. The SMILES string of the molecule is Cc1noc(C)c1C(=O)NC[C@H]1CN(S(=O)(=O)c2ccc(F)cc2)c2cc(NC(=O)OC(C)(C)C(F)(F)F)ccc2O1. The Kier molecular flexibility index (Phi) is 8.13. The third-order valence-corrected chi connectivity index (χ3v) is 8.11. The second-order valence-corrected chi connectivity index (χ2v) is 11.7. The van der Waals surface area contributed by atoms with Crippen LogP contribution in [0.5, 0.6) is 5.75 Å². The molecule has 0 spiro atoms. The Balaban J connectivity index is 1.62. The highest BCUT2D eigenvalue weighted by Gasteiger charge is 2.51. The minimum absolute atomic E-state index is 0.0260. The first-order valence-corrected chi connectivity index (χ1v) is 13.8. The lowest BCUT2D eigenvalue weighted by atomic mass is 10.1. The Morgan fingerprint density at radius 2 is 1.79 bits per heavy atom. The fourth-order valence-electron chi connectivity index (χ4n) is 3.99. The third-order valence-electron chi connectivity index (χ3n) is 6.32. The van der Waals surface area contributed by atoms with Crippen molar-refractivity contribution in [1.82, 2.24) is 10.5 Å². The van der Waals surface area contributed by atoms with Crippen LogP contribution in [0.25, 0.3) is 0 Å². The normalized spacial score (nSPS) is 15.4. The molecule has 1 aliphatic rings. The van der Waals surface area contributed by atoms with Crippen molar-refractivity contribution in [3.05, 3.63) is 65.3 Å². The second-order valence-electron chi connectivity index (χ2n) is 9.84. The van der Waals surface area contributed by atoms with Gasteiger partial charge in [-0.15, -0.1) is 0 Å². The molecule has 2 N–H and O–H groups in total. The molecule has 0 bridgehead atoms. The van der Waals surface area contributed by atoms with Gasteiger partial charge in [-0.25, -0.2) is 17.6 Å². The second kappa shape index (κ2) is 11.2. The number of rotatable bonds is 7. The van der Waals surface area contributed by atoms with E-state index in [2.05, 4.69) is 20.5 Å². The fourth-order valence-corrected chi connectivity index (χ4v) is 5.49. The van der Waals surface area contributed by atoms with Gasteiger partial charge in [-0.1, -0.05) is 5.16 Å². The lowest BCUT2D eigenvalue weighted by molar-refractivity contribution is -0.242. The van der Waals surface area contributed by atoms with E-state index in [9.17, 15) is 35.6 Å². The molecule has 0 saturated carbocycles. The van der Waals surface area contributed by atoms with Crippen molar-refractivity contribution < 1.29 is 49.6 Å². The molecule has 11 nitrogen and oxygen atoms in total. The largest absolute Gasteiger partial charge is 0.484 e. The van der Waals surface area contributed by atoms with E-state index in [1.165, 1.54) is 18.2 Å². The molecule has 2 aromatic carbocycles. The Labute approximate surface area is 237 Å². The molecule has 3 aromatic rings. The highest BCUT2D eigenvalue weighted by molar-refractivity contribution is 7.92. The topological polar surface area (TPSA) is 140 Å². The summed E-state index contributed by atoms with van der Waals surface area (Å²) in [7, 11) is -4.36. The zero-order valence-corrected chi connectivity index (χ0v) is 23.5. The molecular weight excluding hydrogens is 588 g/mol. The maximum Gasteiger partial charge on any atom is 0.427 e. The van der Waals surface area contributed by atoms with Gasteiger partial charge in [-0.3, -0.25) is 14.4 Å². The molecule has 1 aromatic heterocycles. The number of aromatic nitrogens is 1. The molecule has 16 heteroatoms. The third kappa shape index (κ3) is 6.27. The number of fused-ring (bicyclic) bond motifs is 1. The van der Waals surface area contributed by atoms with E-state index in [1.54, 1.807) is 13.8 Å². The summed E-state index contributed by atoms with van der Waals surface area (Å²) in [4.78, 5) is 24.7. The number of halogens is 4. The van der Waals surface area contributed by atoms with Crippen molar-refractivity contribution >= 4 is 33.4 Å². The number of sulfonamides is 1. The van der Waals surface area contributed by atoms with Crippen LogP contribution in [0.15, 0.2) is 51.9 Å². The standard InChI is InChI=1S/C26H26F4N4O7S/c1-14-22(15(2)41-33-14)23(35)31-12-18-13-34(42(37,38)19-8-5-16(27)6-9-19)20-11-17(7-10-21(20)39-18)32-24(36)40-25(3,4)26(28,29)30/h5-11,18H,12-13H2,1-4H3,(H,31,35)(H,32,36)/t18-/m0/s1. The number of ether oxygens (including phenoxy) is 2. The maximum absolute atomic E-state index is 13.7. The smallest absolute Gasteiger partial charge is 0.427 e. The predicted molar refractivity (Wildman–Crippen MR) is 140 cm³/mol. The zero-order chi connectivity index (χ0) is 31.0. The van der Waals surface area contributed by atoms with Crippen LogP contribution >= 0.6 is 0 Å². The quantitative estimate of drug-likeness (QED) is 0.365. The minimum atomic E-state index is -4.84. The molecule has 1 aliphatic heterocycles. The molecule has 4 rings (SSSR count). The molecule has 0 saturated heterocycles. The number of hydrogen-bond acceptors (Lipinski definition) is 8. The summed E-state index contributed by atoms with van der Waals surface area (Å²) in [6.07, 6.45) is -7.18. The summed E-state index contributed by atoms with van der Waals surface area (Å²) < 4.78 is 96.6. The van der Waals surface area contributed by atoms with Crippen LogP contribution in [0.1, 0.15) is 35.7 Å². The highest BCUT2D eigenvalue weighted by atomic mass is 32.2. The van der Waals surface area contributed by atoms with Crippen LogP contribution in [-0.4, -0.2) is 56.5 Å². The Morgan fingerprint density at radius 1 is 1.12 bits per heavy atom. The molecule has 226 valence electrons. The Morgan fingerprint density at radius 3 is 2.38 bits per heavy atom. The number of carbonyl (C=O) groups excluding carboxylic acids is 2. The van der Waals surface area contributed by atoms with Gasteiger partial charge in [0, 0.05) is 5.69 Å². The first kappa shape index (κ1) is 30.6. The molecule has 0 aliphatic carbocycles. The molecule has 1 atom stereocenters. The number of hydrogen-bond donors (Lipinski definition) is 2. The van der Waals surface area contributed by atoms with Crippen molar-refractivity contribution in [3.8, 4) is 5.75 Å². The fraction of sp³-hybridized carbons (Fsp3) is 0.346. The van der Waals surface area contributed by atoms with Gasteiger partial charge in [0.15, 0.2) is 0 Å². The summed E-state index contributed by atoms with van der Waals surface area (Å²) in [5.41, 5.74) is -2.38. The Bertz CT molecular complexity index is 1590. The van der Waals surface area contributed by atoms with Gasteiger partial charge >= 0.3 is 12.3 Å². The van der Waals surface area contributed by atoms with E-state index < -0.39 is 45.7 Å². The number of anilines is 2. The van der Waals surface area contributed by atoms with Crippen molar-refractivity contribution in [3.63, 3.8) is 0 Å². The minimum Gasteiger partial charge on any atom is -0.484 e. The number of nitrogens with one attached hydrogen (secondary N) is 2. The molecule has 0 radical (unpaired) electrons. The summed E-state index contributed by atoms with van der Waals surface area (Å²) in [5, 5.41) is 8.54. The summed E-state index contributed by atoms with van der Waals surface area (Å²) in [6.45, 7) is 4.02. The monoisotopic (exact) mass is 614 g/mol. The van der Waals surface area contributed by atoms with Gasteiger partial charge in [0.25, 0.3) is 15.9 Å². The molecule has 2 heterocycles. The summed E-state index contributed by atoms with van der Waals surface area (Å²) in [5.74, 6) is -0.868. The van der Waals surface area contributed by atoms with E-state index in [0.717, 1.165) is 28.6 Å². The first-order valence-electron chi connectivity index (χ1n) is 12.4. The van der Waals surface area contributed by atoms with Gasteiger partial charge in [0.05, 0.1) is 29.4 Å². The van der Waals surface area contributed by atoms with E-state index in [-0.39, 0.29) is 46.4 Å². The van der Waals surface area contributed by atoms with E-state index >= 15 is 0 Å². The number of nitrogens with zero attached hydrogens (tertiary/aromatic N) is 2. The lowest BCUT2D eigenvalue weighted by Gasteiger charge is -2.36. The first-order chi connectivity index (χ1) is 19.5. The Hall–Kier alpha value is -4.34. The molecule has 0 unspecified atom stereocenters. The predicted octanol–water partition coefficient (Wildman–Crippen LogP) is 4.71. The average molecular weight is 615 g/mol. The number of amides is 2. The van der Waals surface area contributed by atoms with Crippen molar-refractivity contribution in [2.24, 2.45) is 0 Å². The number of aryl methyl sites for hydroxylation is 2. The van der Waals surface area contributed by atoms with Crippen LogP contribution in [0.2, 0.25) is 0 Å². The maximum atomic E-state index is 13.7. The van der Waals surface area contributed by atoms with Gasteiger partial charge in [-0.2, -0.15) is 13.2 Å². The van der Waals surface area contributed by atoms with Gasteiger partial charge < -0.3 is 19.3 Å². The van der Waals surface area contributed by atoms with Crippen molar-refractivity contribution in [1.29, 1.82) is 0 Å². The van der Waals surface area contributed by atoms with Crippen molar-refractivity contribution in [2.75, 3.05) is 22.7 Å². The lowest BCUT2D eigenvalue weighted by Crippen LogP contribution is -2.48. The number of alkyl halides is 3. The molecular formula is C26H26F4N4O7S. The van der Waals surface area contributed by atoms with Gasteiger partial charge in [0.1, 0.15) is 29.0 Å². The van der Waals surface area contributed by atoms with Crippen LogP contribution < -0.4 is 19.7 Å². The highest BCUT2D eigenvalue weighted by Crippen LogP contribution is 2.39. The van der Waals surface area contributed by atoms with Crippen LogP contribution in [-0.2, 0) is 14.8 Å². The zero-order valence-electron chi connectivity index (χ0n) is 22.7. The molecule has 0 fully saturated rings. The van der Waals surface area contributed by atoms with E-state index in [1.807, 2.05) is 0 Å².